The van der Waals surface area contributed by atoms with E-state index in [2.05, 4.69) is 4.98 Å². The molecule has 2 rings (SSSR count). The minimum absolute atomic E-state index is 0.125. The maximum Gasteiger partial charge on any atom is 0.242 e. The molecule has 0 bridgehead atoms. The predicted molar refractivity (Wildman–Crippen MR) is 70.0 cm³/mol. The summed E-state index contributed by atoms with van der Waals surface area (Å²) in [7, 11) is 1.84. The molecule has 2 heterocycles. The van der Waals surface area contributed by atoms with Crippen LogP contribution in [0.15, 0.2) is 49.1 Å². The number of carbonyl (C=O) groups excluding carboxylic acids is 1. The van der Waals surface area contributed by atoms with Crippen molar-refractivity contribution in [3.63, 3.8) is 0 Å². The molecule has 0 unspecified atom stereocenters. The largest absolute Gasteiger partial charge is 0.345 e. The van der Waals surface area contributed by atoms with E-state index >= 15 is 0 Å². The second-order valence-corrected chi connectivity index (χ2v) is 4.28. The van der Waals surface area contributed by atoms with Gasteiger partial charge in [0.25, 0.3) is 0 Å². The lowest BCUT2D eigenvalue weighted by Crippen LogP contribution is -2.31. The first kappa shape index (κ1) is 12.4. The number of hydrogen-bond acceptors (Lipinski definition) is 2. The third-order valence-corrected chi connectivity index (χ3v) is 2.90. The first-order valence-electron chi connectivity index (χ1n) is 5.99. The van der Waals surface area contributed by atoms with Crippen molar-refractivity contribution in [2.45, 2.75) is 13.0 Å². The van der Waals surface area contributed by atoms with Gasteiger partial charge >= 0.3 is 0 Å². The van der Waals surface area contributed by atoms with Crippen LogP contribution in [0.5, 0.6) is 0 Å². The second-order valence-electron chi connectivity index (χ2n) is 4.28. The van der Waals surface area contributed by atoms with E-state index in [9.17, 15) is 4.79 Å². The minimum atomic E-state index is 0.125. The first-order chi connectivity index (χ1) is 8.75. The molecule has 2 aromatic heterocycles. The average molecular weight is 243 g/mol. The Morgan fingerprint density at radius 1 is 1.28 bits per heavy atom. The van der Waals surface area contributed by atoms with Gasteiger partial charge in [0.15, 0.2) is 0 Å². The molecule has 0 aromatic carbocycles. The molecule has 18 heavy (non-hydrogen) atoms. The van der Waals surface area contributed by atoms with E-state index in [4.69, 9.17) is 0 Å². The van der Waals surface area contributed by atoms with Crippen LogP contribution in [0.3, 0.4) is 0 Å². The van der Waals surface area contributed by atoms with Crippen molar-refractivity contribution in [1.29, 1.82) is 0 Å². The normalized spacial score (nSPS) is 10.3. The van der Waals surface area contributed by atoms with E-state index < -0.39 is 0 Å². The van der Waals surface area contributed by atoms with Crippen molar-refractivity contribution in [2.75, 3.05) is 13.6 Å². The Labute approximate surface area is 107 Å². The second kappa shape index (κ2) is 6.00. The molecule has 0 aliphatic heterocycles. The van der Waals surface area contributed by atoms with Gasteiger partial charge in [0.1, 0.15) is 6.54 Å². The van der Waals surface area contributed by atoms with E-state index in [-0.39, 0.29) is 5.91 Å². The van der Waals surface area contributed by atoms with Crippen LogP contribution in [-0.2, 0) is 17.8 Å². The van der Waals surface area contributed by atoms with E-state index in [1.165, 1.54) is 5.56 Å². The minimum Gasteiger partial charge on any atom is -0.345 e. The molecular formula is C14H17N3O. The highest BCUT2D eigenvalue weighted by Crippen LogP contribution is 2.00. The number of pyridine rings is 1. The van der Waals surface area contributed by atoms with Crippen molar-refractivity contribution in [3.05, 3.63) is 54.6 Å². The average Bonchev–Trinajstić information content (AvgIpc) is 2.90. The summed E-state index contributed by atoms with van der Waals surface area (Å²) in [5, 5.41) is 0. The lowest BCUT2D eigenvalue weighted by Gasteiger charge is -2.17. The Hall–Kier alpha value is -2.10. The molecule has 0 spiro atoms. The van der Waals surface area contributed by atoms with Gasteiger partial charge in [-0.25, -0.2) is 0 Å². The molecule has 0 radical (unpaired) electrons. The maximum absolute atomic E-state index is 11.9. The smallest absolute Gasteiger partial charge is 0.242 e. The molecule has 0 aliphatic carbocycles. The van der Waals surface area contributed by atoms with Gasteiger partial charge in [0, 0.05) is 38.4 Å². The van der Waals surface area contributed by atoms with Crippen LogP contribution < -0.4 is 0 Å². The summed E-state index contributed by atoms with van der Waals surface area (Å²) in [4.78, 5) is 17.7. The van der Waals surface area contributed by atoms with Crippen molar-refractivity contribution in [3.8, 4) is 0 Å². The molecule has 0 fully saturated rings. The SMILES string of the molecule is CN(CCc1ccncc1)C(=O)Cn1cccc1. The Morgan fingerprint density at radius 3 is 2.61 bits per heavy atom. The summed E-state index contributed by atoms with van der Waals surface area (Å²) in [6.07, 6.45) is 8.20. The highest BCUT2D eigenvalue weighted by atomic mass is 16.2. The molecule has 94 valence electrons. The standard InChI is InChI=1S/C14H17N3O/c1-16(11-6-13-4-7-15-8-5-13)14(18)12-17-9-2-3-10-17/h2-5,7-10H,6,11-12H2,1H3. The summed E-state index contributed by atoms with van der Waals surface area (Å²) < 4.78 is 1.88. The lowest BCUT2D eigenvalue weighted by molar-refractivity contribution is -0.130. The Balaban J connectivity index is 1.81. The predicted octanol–water partition coefficient (Wildman–Crippen LogP) is 1.58. The molecule has 0 saturated heterocycles. The molecular weight excluding hydrogens is 226 g/mol. The number of nitrogens with zero attached hydrogens (tertiary/aromatic N) is 3. The van der Waals surface area contributed by atoms with Crippen LogP contribution in [0.25, 0.3) is 0 Å². The van der Waals surface area contributed by atoms with Crippen molar-refractivity contribution < 1.29 is 4.79 Å². The van der Waals surface area contributed by atoms with Crippen LogP contribution in [0.1, 0.15) is 5.56 Å². The summed E-state index contributed by atoms with van der Waals surface area (Å²) >= 11 is 0. The number of likely N-dealkylation sites (N-methyl/N-ethyl adjacent to an activating group) is 1. The van der Waals surface area contributed by atoms with E-state index in [0.717, 1.165) is 13.0 Å². The summed E-state index contributed by atoms with van der Waals surface area (Å²) in [5.41, 5.74) is 1.20. The molecule has 4 nitrogen and oxygen atoms in total. The van der Waals surface area contributed by atoms with E-state index in [1.807, 2.05) is 48.3 Å². The van der Waals surface area contributed by atoms with Gasteiger partial charge in [-0.05, 0) is 36.2 Å². The first-order valence-corrected chi connectivity index (χ1v) is 5.99. The molecule has 0 N–H and O–H groups in total. The van der Waals surface area contributed by atoms with Crippen LogP contribution >= 0.6 is 0 Å². The van der Waals surface area contributed by atoms with Crippen molar-refractivity contribution >= 4 is 5.91 Å². The third kappa shape index (κ3) is 3.45. The monoisotopic (exact) mass is 243 g/mol. The number of amides is 1. The van der Waals surface area contributed by atoms with Crippen LogP contribution in [0.4, 0.5) is 0 Å². The zero-order valence-electron chi connectivity index (χ0n) is 10.5. The van der Waals surface area contributed by atoms with Crippen LogP contribution in [0, 0.1) is 0 Å². The highest BCUT2D eigenvalue weighted by Gasteiger charge is 2.08. The van der Waals surface area contributed by atoms with Gasteiger partial charge in [0.2, 0.25) is 5.91 Å². The topological polar surface area (TPSA) is 38.1 Å². The number of carbonyl (C=O) groups is 1. The van der Waals surface area contributed by atoms with Gasteiger partial charge in [0.05, 0.1) is 0 Å². The Morgan fingerprint density at radius 2 is 1.94 bits per heavy atom. The molecule has 1 amide bonds. The van der Waals surface area contributed by atoms with Gasteiger partial charge in [-0.2, -0.15) is 0 Å². The zero-order chi connectivity index (χ0) is 12.8. The Bertz CT molecular complexity index is 479. The van der Waals surface area contributed by atoms with Crippen LogP contribution in [0.2, 0.25) is 0 Å². The van der Waals surface area contributed by atoms with Crippen molar-refractivity contribution in [1.82, 2.24) is 14.5 Å². The van der Waals surface area contributed by atoms with Gasteiger partial charge in [-0.3, -0.25) is 9.78 Å². The zero-order valence-corrected chi connectivity index (χ0v) is 10.5. The number of rotatable bonds is 5. The molecule has 2 aromatic rings. The fraction of sp³-hybridized carbons (Fsp3) is 0.286. The molecule has 0 atom stereocenters. The highest BCUT2D eigenvalue weighted by molar-refractivity contribution is 5.75. The van der Waals surface area contributed by atoms with Gasteiger partial charge in [-0.1, -0.05) is 0 Å². The number of aromatic nitrogens is 2. The third-order valence-electron chi connectivity index (χ3n) is 2.90. The summed E-state index contributed by atoms with van der Waals surface area (Å²) in [6, 6.07) is 7.79. The molecule has 0 aliphatic rings. The fourth-order valence-electron chi connectivity index (χ4n) is 1.72. The van der Waals surface area contributed by atoms with E-state index in [1.54, 1.807) is 17.3 Å². The molecule has 4 heteroatoms. The summed E-state index contributed by atoms with van der Waals surface area (Å²) in [5.74, 6) is 0.125. The maximum atomic E-state index is 11.9. The summed E-state index contributed by atoms with van der Waals surface area (Å²) in [6.45, 7) is 1.13. The lowest BCUT2D eigenvalue weighted by atomic mass is 10.2. The fourth-order valence-corrected chi connectivity index (χ4v) is 1.72. The van der Waals surface area contributed by atoms with Crippen LogP contribution in [-0.4, -0.2) is 34.0 Å². The van der Waals surface area contributed by atoms with Gasteiger partial charge < -0.3 is 9.47 Å². The Kier molecular flexibility index (Phi) is 4.12. The molecule has 0 saturated carbocycles. The van der Waals surface area contributed by atoms with Crippen molar-refractivity contribution in [2.24, 2.45) is 0 Å². The quantitative estimate of drug-likeness (QED) is 0.799. The number of hydrogen-bond donors (Lipinski definition) is 0. The van der Waals surface area contributed by atoms with E-state index in [0.29, 0.717) is 6.54 Å². The van der Waals surface area contributed by atoms with Gasteiger partial charge in [-0.15, -0.1) is 0 Å².